The molecule has 3 rings (SSSR count). The van der Waals surface area contributed by atoms with Crippen molar-refractivity contribution in [1.29, 1.82) is 0 Å². The van der Waals surface area contributed by atoms with E-state index in [1.54, 1.807) is 11.9 Å². The molecule has 0 unspecified atom stereocenters. The van der Waals surface area contributed by atoms with E-state index in [9.17, 15) is 4.79 Å². The lowest BCUT2D eigenvalue weighted by molar-refractivity contribution is -0.138. The molecule has 1 saturated heterocycles. The van der Waals surface area contributed by atoms with Crippen LogP contribution in [0.4, 0.5) is 5.69 Å². The van der Waals surface area contributed by atoms with Crippen molar-refractivity contribution in [3.05, 3.63) is 29.8 Å². The Kier molecular flexibility index (Phi) is 7.36. The Morgan fingerprint density at radius 2 is 1.86 bits per heavy atom. The van der Waals surface area contributed by atoms with Gasteiger partial charge in [0.15, 0.2) is 5.96 Å². The topological polar surface area (TPSA) is 69.2 Å². The van der Waals surface area contributed by atoms with Gasteiger partial charge < -0.3 is 25.2 Å². The Hall–Kier alpha value is -2.28. The first kappa shape index (κ1) is 21.4. The minimum absolute atomic E-state index is 0.218. The van der Waals surface area contributed by atoms with Crippen molar-refractivity contribution in [3.63, 3.8) is 0 Å². The van der Waals surface area contributed by atoms with Crippen LogP contribution in [0.2, 0.25) is 0 Å². The van der Waals surface area contributed by atoms with Gasteiger partial charge in [0.1, 0.15) is 0 Å². The van der Waals surface area contributed by atoms with Crippen molar-refractivity contribution in [2.45, 2.75) is 32.2 Å². The number of rotatable bonds is 6. The van der Waals surface area contributed by atoms with Gasteiger partial charge in [-0.15, -0.1) is 0 Å². The molecular weight excluding hydrogens is 366 g/mol. The van der Waals surface area contributed by atoms with Crippen LogP contribution in [0.3, 0.4) is 0 Å². The summed E-state index contributed by atoms with van der Waals surface area (Å²) in [5.74, 6) is 0.954. The Morgan fingerprint density at radius 1 is 1.17 bits per heavy atom. The lowest BCUT2D eigenvalue weighted by atomic mass is 9.84. The largest absolute Gasteiger partial charge is 0.378 e. The van der Waals surface area contributed by atoms with Crippen LogP contribution in [0.5, 0.6) is 0 Å². The van der Waals surface area contributed by atoms with E-state index in [-0.39, 0.29) is 11.3 Å². The summed E-state index contributed by atoms with van der Waals surface area (Å²) >= 11 is 0. The minimum atomic E-state index is -0.313. The van der Waals surface area contributed by atoms with Gasteiger partial charge in [-0.1, -0.05) is 31.0 Å². The van der Waals surface area contributed by atoms with Gasteiger partial charge in [0.2, 0.25) is 5.91 Å². The number of anilines is 1. The summed E-state index contributed by atoms with van der Waals surface area (Å²) in [5, 5.41) is 6.85. The SMILES string of the molecule is CN=C(NCc1ccccc1N1CCOCC1)NCC1(C(=O)N(C)C)CCCC1. The second-order valence-electron chi connectivity index (χ2n) is 8.19. The number of guanidine groups is 1. The number of morpholine rings is 1. The fourth-order valence-corrected chi connectivity index (χ4v) is 4.42. The van der Waals surface area contributed by atoms with Crippen molar-refractivity contribution >= 4 is 17.6 Å². The first-order valence-electron chi connectivity index (χ1n) is 10.6. The highest BCUT2D eigenvalue weighted by molar-refractivity contribution is 5.85. The first-order chi connectivity index (χ1) is 14.1. The molecule has 0 radical (unpaired) electrons. The standard InChI is InChI=1S/C22H35N5O2/c1-23-21(25-17-22(10-6-7-11-22)20(28)26(2)3)24-16-18-8-4-5-9-19(18)27-12-14-29-15-13-27/h4-5,8-9H,6-7,10-17H2,1-3H3,(H2,23,24,25). The van der Waals surface area contributed by atoms with Gasteiger partial charge in [0.25, 0.3) is 0 Å². The Labute approximate surface area is 174 Å². The zero-order valence-corrected chi connectivity index (χ0v) is 18.0. The lowest BCUT2D eigenvalue weighted by Crippen LogP contribution is -2.49. The van der Waals surface area contributed by atoms with E-state index >= 15 is 0 Å². The number of nitrogens with zero attached hydrogens (tertiary/aromatic N) is 3. The highest BCUT2D eigenvalue weighted by Crippen LogP contribution is 2.38. The second-order valence-corrected chi connectivity index (χ2v) is 8.19. The Balaban J connectivity index is 1.61. The Morgan fingerprint density at radius 3 is 2.52 bits per heavy atom. The highest BCUT2D eigenvalue weighted by atomic mass is 16.5. The van der Waals surface area contributed by atoms with E-state index in [4.69, 9.17) is 4.74 Å². The van der Waals surface area contributed by atoms with Crippen LogP contribution in [0.1, 0.15) is 31.2 Å². The maximum absolute atomic E-state index is 12.8. The quantitative estimate of drug-likeness (QED) is 0.562. The van der Waals surface area contributed by atoms with E-state index in [2.05, 4.69) is 44.8 Å². The van der Waals surface area contributed by atoms with Crippen molar-refractivity contribution in [2.75, 3.05) is 58.9 Å². The van der Waals surface area contributed by atoms with E-state index < -0.39 is 0 Å². The number of amides is 1. The number of hydrogen-bond acceptors (Lipinski definition) is 4. The summed E-state index contributed by atoms with van der Waals surface area (Å²) in [7, 11) is 5.47. The third-order valence-electron chi connectivity index (χ3n) is 6.03. The zero-order chi connectivity index (χ0) is 20.7. The average molecular weight is 402 g/mol. The van der Waals surface area contributed by atoms with Crippen molar-refractivity contribution in [2.24, 2.45) is 10.4 Å². The second kappa shape index (κ2) is 9.96. The van der Waals surface area contributed by atoms with Crippen LogP contribution in [-0.4, -0.2) is 70.8 Å². The highest BCUT2D eigenvalue weighted by Gasteiger charge is 2.42. The molecule has 2 aliphatic rings. The molecule has 1 aliphatic heterocycles. The molecule has 1 heterocycles. The molecule has 2 fully saturated rings. The number of nitrogens with one attached hydrogen (secondary N) is 2. The van der Waals surface area contributed by atoms with Crippen LogP contribution >= 0.6 is 0 Å². The molecule has 0 bridgehead atoms. The molecule has 1 saturated carbocycles. The number of aliphatic imine (C=N–C) groups is 1. The third kappa shape index (κ3) is 5.21. The zero-order valence-electron chi connectivity index (χ0n) is 18.0. The van der Waals surface area contributed by atoms with Crippen molar-refractivity contribution < 1.29 is 9.53 Å². The predicted octanol–water partition coefficient (Wildman–Crippen LogP) is 1.84. The molecule has 29 heavy (non-hydrogen) atoms. The number of carbonyl (C=O) groups excluding carboxylic acids is 1. The molecule has 0 atom stereocenters. The van der Waals surface area contributed by atoms with Crippen LogP contribution in [0.15, 0.2) is 29.3 Å². The molecule has 160 valence electrons. The summed E-state index contributed by atoms with van der Waals surface area (Å²) in [6, 6.07) is 8.47. The maximum atomic E-state index is 12.8. The third-order valence-corrected chi connectivity index (χ3v) is 6.03. The summed E-state index contributed by atoms with van der Waals surface area (Å²) in [4.78, 5) is 21.3. The molecule has 0 spiro atoms. The van der Waals surface area contributed by atoms with Crippen LogP contribution in [0, 0.1) is 5.41 Å². The predicted molar refractivity (Wildman–Crippen MR) is 117 cm³/mol. The Bertz CT molecular complexity index is 707. The van der Waals surface area contributed by atoms with Gasteiger partial charge in [0.05, 0.1) is 18.6 Å². The van der Waals surface area contributed by atoms with Crippen LogP contribution in [-0.2, 0) is 16.1 Å². The molecule has 1 aromatic carbocycles. The van der Waals surface area contributed by atoms with Crippen molar-refractivity contribution in [1.82, 2.24) is 15.5 Å². The lowest BCUT2D eigenvalue weighted by Gasteiger charge is -2.32. The van der Waals surface area contributed by atoms with E-state index in [0.29, 0.717) is 13.1 Å². The molecule has 7 heteroatoms. The van der Waals surface area contributed by atoms with E-state index in [1.165, 1.54) is 11.3 Å². The fourth-order valence-electron chi connectivity index (χ4n) is 4.42. The van der Waals surface area contributed by atoms with Gasteiger partial charge in [0, 0.05) is 53.0 Å². The van der Waals surface area contributed by atoms with E-state index in [1.807, 2.05) is 14.1 Å². The molecule has 1 aliphatic carbocycles. The summed E-state index contributed by atoms with van der Waals surface area (Å²) < 4.78 is 5.49. The normalized spacial score (nSPS) is 19.1. The number of hydrogen-bond donors (Lipinski definition) is 2. The van der Waals surface area contributed by atoms with Gasteiger partial charge >= 0.3 is 0 Å². The number of ether oxygens (including phenoxy) is 1. The average Bonchev–Trinajstić information content (AvgIpc) is 3.24. The molecule has 2 N–H and O–H groups in total. The summed E-state index contributed by atoms with van der Waals surface area (Å²) in [6.45, 7) is 4.68. The fraction of sp³-hybridized carbons (Fsp3) is 0.636. The molecule has 1 amide bonds. The van der Waals surface area contributed by atoms with E-state index in [0.717, 1.165) is 57.9 Å². The van der Waals surface area contributed by atoms with Gasteiger partial charge in [-0.25, -0.2) is 0 Å². The summed E-state index contributed by atoms with van der Waals surface area (Å²) in [6.07, 6.45) is 4.10. The number of para-hydroxylation sites is 1. The first-order valence-corrected chi connectivity index (χ1v) is 10.6. The van der Waals surface area contributed by atoms with Gasteiger partial charge in [-0.2, -0.15) is 0 Å². The maximum Gasteiger partial charge on any atom is 0.230 e. The summed E-state index contributed by atoms with van der Waals surface area (Å²) in [5.41, 5.74) is 2.17. The monoisotopic (exact) mass is 401 g/mol. The molecule has 7 nitrogen and oxygen atoms in total. The van der Waals surface area contributed by atoms with Crippen LogP contribution < -0.4 is 15.5 Å². The van der Waals surface area contributed by atoms with Crippen LogP contribution in [0.25, 0.3) is 0 Å². The van der Waals surface area contributed by atoms with Crippen molar-refractivity contribution in [3.8, 4) is 0 Å². The number of carbonyl (C=O) groups is 1. The smallest absolute Gasteiger partial charge is 0.230 e. The van der Waals surface area contributed by atoms with Gasteiger partial charge in [-0.3, -0.25) is 9.79 Å². The molecular formula is C22H35N5O2. The van der Waals surface area contributed by atoms with Gasteiger partial charge in [-0.05, 0) is 24.5 Å². The number of benzene rings is 1. The minimum Gasteiger partial charge on any atom is -0.378 e. The molecule has 1 aromatic rings. The molecule has 0 aromatic heterocycles.